The van der Waals surface area contributed by atoms with Crippen LogP contribution in [0.5, 0.6) is 0 Å². The van der Waals surface area contributed by atoms with Gasteiger partial charge in [0.05, 0.1) is 11.6 Å². The number of hydrogen-bond acceptors (Lipinski definition) is 3. The Labute approximate surface area is 77.6 Å². The average Bonchev–Trinajstić information content (AvgIpc) is 2.50. The molecular weight excluding hydrogens is 164 g/mol. The van der Waals surface area contributed by atoms with Gasteiger partial charge < -0.3 is 0 Å². The van der Waals surface area contributed by atoms with E-state index in [0.29, 0.717) is 0 Å². The first-order chi connectivity index (χ1) is 6.29. The molecule has 0 saturated heterocycles. The second kappa shape index (κ2) is 4.54. The quantitative estimate of drug-likeness (QED) is 0.617. The third kappa shape index (κ3) is 2.24. The van der Waals surface area contributed by atoms with Crippen LogP contribution in [-0.2, 0) is 7.05 Å². The zero-order valence-corrected chi connectivity index (χ0v) is 8.23. The molecule has 0 aliphatic rings. The van der Waals surface area contributed by atoms with E-state index in [0.717, 1.165) is 11.0 Å². The van der Waals surface area contributed by atoms with Gasteiger partial charge >= 0.3 is 0 Å². The molecule has 0 radical (unpaired) electrons. The summed E-state index contributed by atoms with van der Waals surface area (Å²) in [6, 6.07) is 0. The molecule has 0 amide bonds. The largest absolute Gasteiger partial charge is 0.250 e. The molecule has 0 spiro atoms. The van der Waals surface area contributed by atoms with Gasteiger partial charge in [0.15, 0.2) is 5.65 Å². The number of rotatable bonds is 0. The molecule has 0 aliphatic heterocycles. The van der Waals surface area contributed by atoms with Crippen molar-refractivity contribution in [3.63, 3.8) is 0 Å². The third-order valence-corrected chi connectivity index (χ3v) is 1.40. The van der Waals surface area contributed by atoms with Crippen molar-refractivity contribution >= 4 is 11.0 Å². The smallest absolute Gasteiger partial charge is 0.160 e. The van der Waals surface area contributed by atoms with Crippen molar-refractivity contribution in [2.45, 2.75) is 20.3 Å². The Morgan fingerprint density at radius 3 is 2.62 bits per heavy atom. The van der Waals surface area contributed by atoms with Crippen molar-refractivity contribution in [3.05, 3.63) is 18.7 Å². The maximum atomic E-state index is 4.03. The Hall–Kier alpha value is -1.45. The number of hydrogen-bond donors (Lipinski definition) is 0. The topological polar surface area (TPSA) is 43.6 Å². The fourth-order valence-corrected chi connectivity index (χ4v) is 0.899. The van der Waals surface area contributed by atoms with Crippen molar-refractivity contribution in [2.75, 3.05) is 0 Å². The number of aryl methyl sites for hydroxylation is 1. The minimum Gasteiger partial charge on any atom is -0.250 e. The van der Waals surface area contributed by atoms with Crippen LogP contribution in [0.1, 0.15) is 20.3 Å². The normalized spacial score (nSPS) is 9.46. The third-order valence-electron chi connectivity index (χ3n) is 1.40. The lowest BCUT2D eigenvalue weighted by Gasteiger charge is -1.88. The van der Waals surface area contributed by atoms with Crippen LogP contribution in [0, 0.1) is 0 Å². The summed E-state index contributed by atoms with van der Waals surface area (Å²) < 4.78 is 1.72. The molecule has 0 saturated carbocycles. The fourth-order valence-electron chi connectivity index (χ4n) is 0.899. The zero-order valence-electron chi connectivity index (χ0n) is 8.23. The Balaban J connectivity index is 0.000000251. The Bertz CT molecular complexity index is 366. The molecule has 0 fully saturated rings. The van der Waals surface area contributed by atoms with Crippen molar-refractivity contribution in [3.8, 4) is 0 Å². The highest BCUT2D eigenvalue weighted by molar-refractivity contribution is 5.72. The minimum atomic E-state index is 0.870. The summed E-state index contributed by atoms with van der Waals surface area (Å²) in [4.78, 5) is 7.89. The second-order valence-corrected chi connectivity index (χ2v) is 2.78. The van der Waals surface area contributed by atoms with Crippen molar-refractivity contribution < 1.29 is 0 Å². The van der Waals surface area contributed by atoms with E-state index in [-0.39, 0.29) is 0 Å². The van der Waals surface area contributed by atoms with Gasteiger partial charge in [-0.15, -0.1) is 0 Å². The van der Waals surface area contributed by atoms with E-state index in [1.54, 1.807) is 17.1 Å². The van der Waals surface area contributed by atoms with Crippen LogP contribution in [0.15, 0.2) is 18.7 Å². The maximum absolute atomic E-state index is 4.03. The molecule has 13 heavy (non-hydrogen) atoms. The van der Waals surface area contributed by atoms with Crippen LogP contribution >= 0.6 is 0 Å². The lowest BCUT2D eigenvalue weighted by Crippen LogP contribution is -1.90. The predicted molar refractivity (Wildman–Crippen MR) is 52.3 cm³/mol. The highest BCUT2D eigenvalue weighted by Crippen LogP contribution is 2.04. The summed E-state index contributed by atoms with van der Waals surface area (Å²) in [6.07, 6.45) is 6.26. The van der Waals surface area contributed by atoms with Gasteiger partial charge in [-0.1, -0.05) is 20.3 Å². The summed E-state index contributed by atoms with van der Waals surface area (Å²) in [6.45, 7) is 4.25. The van der Waals surface area contributed by atoms with Crippen molar-refractivity contribution in [2.24, 2.45) is 7.05 Å². The monoisotopic (exact) mass is 178 g/mol. The summed E-state index contributed by atoms with van der Waals surface area (Å²) in [5.74, 6) is 0. The second-order valence-electron chi connectivity index (χ2n) is 2.78. The van der Waals surface area contributed by atoms with Gasteiger partial charge in [-0.25, -0.2) is 9.97 Å². The van der Waals surface area contributed by atoms with Crippen LogP contribution in [0.4, 0.5) is 0 Å². The first-order valence-corrected chi connectivity index (χ1v) is 4.37. The Morgan fingerprint density at radius 2 is 2.00 bits per heavy atom. The van der Waals surface area contributed by atoms with E-state index in [2.05, 4.69) is 28.9 Å². The van der Waals surface area contributed by atoms with E-state index in [1.807, 2.05) is 7.05 Å². The maximum Gasteiger partial charge on any atom is 0.160 e. The zero-order chi connectivity index (χ0) is 9.68. The molecule has 0 N–H and O–H groups in total. The fraction of sp³-hybridized carbons (Fsp3) is 0.444. The molecular formula is C9H14N4. The molecule has 70 valence electrons. The summed E-state index contributed by atoms with van der Waals surface area (Å²) in [7, 11) is 1.86. The van der Waals surface area contributed by atoms with Crippen LogP contribution in [0.2, 0.25) is 0 Å². The first-order valence-electron chi connectivity index (χ1n) is 4.37. The van der Waals surface area contributed by atoms with Gasteiger partial charge in [0, 0.05) is 13.2 Å². The molecule has 2 aromatic rings. The highest BCUT2D eigenvalue weighted by atomic mass is 15.3. The molecule has 0 unspecified atom stereocenters. The minimum absolute atomic E-state index is 0.870. The lowest BCUT2D eigenvalue weighted by atomic mass is 10.4. The van der Waals surface area contributed by atoms with E-state index in [4.69, 9.17) is 0 Å². The summed E-state index contributed by atoms with van der Waals surface area (Å²) in [5, 5.41) is 4.99. The molecule has 4 heteroatoms. The van der Waals surface area contributed by atoms with Gasteiger partial charge in [0.2, 0.25) is 0 Å². The number of aromatic nitrogens is 4. The van der Waals surface area contributed by atoms with E-state index >= 15 is 0 Å². The van der Waals surface area contributed by atoms with Crippen LogP contribution in [0.3, 0.4) is 0 Å². The molecule has 0 aliphatic carbocycles. The molecule has 0 bridgehead atoms. The summed E-state index contributed by atoms with van der Waals surface area (Å²) >= 11 is 0. The Kier molecular flexibility index (Phi) is 3.37. The molecule has 2 heterocycles. The SMILES string of the molecule is CCC.Cn1ncc2cncnc21. The number of fused-ring (bicyclic) bond motifs is 1. The van der Waals surface area contributed by atoms with Gasteiger partial charge in [-0.2, -0.15) is 5.10 Å². The number of nitrogens with zero attached hydrogens (tertiary/aromatic N) is 4. The predicted octanol–water partition coefficient (Wildman–Crippen LogP) is 1.78. The molecule has 0 atom stereocenters. The molecule has 2 aromatic heterocycles. The average molecular weight is 178 g/mol. The molecule has 0 aromatic carbocycles. The Morgan fingerprint density at radius 1 is 1.31 bits per heavy atom. The van der Waals surface area contributed by atoms with E-state index in [1.165, 1.54) is 12.7 Å². The lowest BCUT2D eigenvalue weighted by molar-refractivity contribution is 0.785. The van der Waals surface area contributed by atoms with Gasteiger partial charge in [0.1, 0.15) is 6.33 Å². The van der Waals surface area contributed by atoms with Crippen LogP contribution in [-0.4, -0.2) is 19.7 Å². The van der Waals surface area contributed by atoms with Crippen molar-refractivity contribution in [1.82, 2.24) is 19.7 Å². The van der Waals surface area contributed by atoms with Crippen LogP contribution < -0.4 is 0 Å². The van der Waals surface area contributed by atoms with E-state index in [9.17, 15) is 0 Å². The standard InChI is InChI=1S/C6H6N4.C3H8/c1-10-6-5(3-9-10)2-7-4-8-6;1-3-2/h2-4H,1H3;3H2,1-2H3. The van der Waals surface area contributed by atoms with Crippen molar-refractivity contribution in [1.29, 1.82) is 0 Å². The molecule has 4 nitrogen and oxygen atoms in total. The van der Waals surface area contributed by atoms with Gasteiger partial charge in [0.25, 0.3) is 0 Å². The van der Waals surface area contributed by atoms with Gasteiger partial charge in [-0.3, -0.25) is 4.68 Å². The summed E-state index contributed by atoms with van der Waals surface area (Å²) in [5.41, 5.74) is 0.870. The first kappa shape index (κ1) is 9.64. The molecule has 2 rings (SSSR count). The van der Waals surface area contributed by atoms with Crippen LogP contribution in [0.25, 0.3) is 11.0 Å². The van der Waals surface area contributed by atoms with E-state index < -0.39 is 0 Å². The van der Waals surface area contributed by atoms with Gasteiger partial charge in [-0.05, 0) is 0 Å². The highest BCUT2D eigenvalue weighted by Gasteiger charge is 1.96.